The van der Waals surface area contributed by atoms with Crippen molar-refractivity contribution < 1.29 is 29.3 Å². The molecule has 0 fully saturated rings. The fourth-order valence-corrected chi connectivity index (χ4v) is 2.45. The predicted octanol–water partition coefficient (Wildman–Crippen LogP) is 2.88. The van der Waals surface area contributed by atoms with E-state index in [9.17, 15) is 19.8 Å². The second-order valence-electron chi connectivity index (χ2n) is 6.27. The molecule has 0 aliphatic heterocycles. The highest BCUT2D eigenvalue weighted by atomic mass is 16.6. The lowest BCUT2D eigenvalue weighted by atomic mass is 10.1. The molecule has 2 aromatic rings. The lowest BCUT2D eigenvalue weighted by molar-refractivity contribution is -0.107. The van der Waals surface area contributed by atoms with Crippen molar-refractivity contribution in [2.24, 2.45) is 10.2 Å². The van der Waals surface area contributed by atoms with E-state index in [1.165, 1.54) is 30.6 Å². The smallest absolute Gasteiger partial charge is 0.342 e. The highest BCUT2D eigenvalue weighted by Crippen LogP contribution is 2.19. The molecule has 2 aromatic carbocycles. The number of aldehydes is 1. The molecule has 0 aliphatic carbocycles. The van der Waals surface area contributed by atoms with Gasteiger partial charge in [-0.25, -0.2) is 4.79 Å². The minimum atomic E-state index is -0.654. The normalized spacial score (nSPS) is 11.2. The SMILES string of the molecule is CCCOCCOC(=O)c1cc(/C=N/N=C/c2ccc(O)c(CC=O)c2)ccc1O. The predicted molar refractivity (Wildman–Crippen MR) is 113 cm³/mol. The Hall–Kier alpha value is -3.52. The molecule has 2 N–H and O–H groups in total. The monoisotopic (exact) mass is 412 g/mol. The molecule has 30 heavy (non-hydrogen) atoms. The second kappa shape index (κ2) is 12.1. The van der Waals surface area contributed by atoms with E-state index in [1.54, 1.807) is 18.2 Å². The van der Waals surface area contributed by atoms with Crippen molar-refractivity contribution >= 4 is 24.7 Å². The summed E-state index contributed by atoms with van der Waals surface area (Å²) < 4.78 is 10.3. The number of benzene rings is 2. The number of phenolic OH excluding ortho intramolecular Hbond substituents is 2. The van der Waals surface area contributed by atoms with Crippen molar-refractivity contribution in [3.8, 4) is 11.5 Å². The van der Waals surface area contributed by atoms with E-state index in [4.69, 9.17) is 9.47 Å². The van der Waals surface area contributed by atoms with Crippen LogP contribution in [0.5, 0.6) is 11.5 Å². The fourth-order valence-electron chi connectivity index (χ4n) is 2.45. The first-order chi connectivity index (χ1) is 14.5. The van der Waals surface area contributed by atoms with Crippen molar-refractivity contribution in [3.05, 3.63) is 58.7 Å². The number of aromatic hydroxyl groups is 2. The van der Waals surface area contributed by atoms with Gasteiger partial charge in [0.15, 0.2) is 0 Å². The molecule has 0 unspecified atom stereocenters. The standard InChI is InChI=1S/C22H24N2O6/c1-2-9-29-10-11-30-22(28)19-13-17(4-6-21(19)27)15-24-23-14-16-3-5-20(26)18(12-16)7-8-25/h3-6,8,12-15,26-27H,2,7,9-11H2,1H3/b23-14+,24-15+. The van der Waals surface area contributed by atoms with Crippen LogP contribution in [0.3, 0.4) is 0 Å². The Bertz CT molecular complexity index is 924. The third-order valence-electron chi connectivity index (χ3n) is 3.94. The molecule has 0 spiro atoms. The van der Waals surface area contributed by atoms with E-state index >= 15 is 0 Å². The average Bonchev–Trinajstić information content (AvgIpc) is 2.74. The van der Waals surface area contributed by atoms with Crippen LogP contribution in [-0.4, -0.2) is 54.7 Å². The number of rotatable bonds is 11. The number of phenols is 2. The number of nitrogens with zero attached hydrogens (tertiary/aromatic N) is 2. The van der Waals surface area contributed by atoms with Gasteiger partial charge in [0.2, 0.25) is 0 Å². The Morgan fingerprint density at radius 1 is 0.967 bits per heavy atom. The fraction of sp³-hybridized carbons (Fsp3) is 0.273. The van der Waals surface area contributed by atoms with Crippen LogP contribution in [0.15, 0.2) is 46.6 Å². The van der Waals surface area contributed by atoms with Crippen molar-refractivity contribution in [3.63, 3.8) is 0 Å². The third kappa shape index (κ3) is 7.14. The van der Waals surface area contributed by atoms with E-state index in [0.29, 0.717) is 36.2 Å². The minimum absolute atomic E-state index is 0.0236. The zero-order valence-corrected chi connectivity index (χ0v) is 16.7. The summed E-state index contributed by atoms with van der Waals surface area (Å²) in [5, 5.41) is 27.4. The Kier molecular flexibility index (Phi) is 9.20. The topological polar surface area (TPSA) is 118 Å². The van der Waals surface area contributed by atoms with E-state index in [1.807, 2.05) is 6.92 Å². The molecule has 0 saturated carbocycles. The molecule has 0 radical (unpaired) electrons. The third-order valence-corrected chi connectivity index (χ3v) is 3.94. The van der Waals surface area contributed by atoms with Crippen molar-refractivity contribution in [2.75, 3.05) is 19.8 Å². The van der Waals surface area contributed by atoms with Crippen LogP contribution in [0.1, 0.15) is 40.4 Å². The van der Waals surface area contributed by atoms with Gasteiger partial charge in [0.25, 0.3) is 0 Å². The zero-order valence-electron chi connectivity index (χ0n) is 16.7. The maximum absolute atomic E-state index is 12.1. The van der Waals surface area contributed by atoms with Gasteiger partial charge >= 0.3 is 5.97 Å². The molecule has 0 atom stereocenters. The Morgan fingerprint density at radius 2 is 1.63 bits per heavy atom. The summed E-state index contributed by atoms with van der Waals surface area (Å²) >= 11 is 0. The number of carbonyl (C=O) groups is 2. The molecule has 0 aromatic heterocycles. The molecule has 158 valence electrons. The molecule has 0 saturated heterocycles. The largest absolute Gasteiger partial charge is 0.508 e. The van der Waals surface area contributed by atoms with E-state index in [-0.39, 0.29) is 30.1 Å². The van der Waals surface area contributed by atoms with Gasteiger partial charge in [0.05, 0.1) is 19.0 Å². The number of ether oxygens (including phenoxy) is 2. The highest BCUT2D eigenvalue weighted by Gasteiger charge is 2.13. The molecule has 0 heterocycles. The second-order valence-corrected chi connectivity index (χ2v) is 6.27. The summed E-state index contributed by atoms with van der Waals surface area (Å²) in [6, 6.07) is 9.17. The first-order valence-electron chi connectivity index (χ1n) is 9.45. The van der Waals surface area contributed by atoms with Gasteiger partial charge in [-0.3, -0.25) is 0 Å². The Balaban J connectivity index is 1.99. The summed E-state index contributed by atoms with van der Waals surface area (Å²) in [5.41, 5.74) is 1.74. The van der Waals surface area contributed by atoms with Gasteiger partial charge < -0.3 is 24.5 Å². The zero-order chi connectivity index (χ0) is 21.8. The molecular formula is C22H24N2O6. The van der Waals surface area contributed by atoms with Gasteiger partial charge in [-0.05, 0) is 53.9 Å². The molecule has 8 heteroatoms. The number of hydrogen-bond acceptors (Lipinski definition) is 8. The van der Waals surface area contributed by atoms with Crippen molar-refractivity contribution in [1.82, 2.24) is 0 Å². The van der Waals surface area contributed by atoms with E-state index < -0.39 is 5.97 Å². The lowest BCUT2D eigenvalue weighted by Gasteiger charge is -2.07. The van der Waals surface area contributed by atoms with Gasteiger partial charge in [-0.2, -0.15) is 10.2 Å². The Morgan fingerprint density at radius 3 is 2.30 bits per heavy atom. The first-order valence-corrected chi connectivity index (χ1v) is 9.45. The first kappa shape index (κ1) is 22.8. The van der Waals surface area contributed by atoms with Gasteiger partial charge in [-0.15, -0.1) is 0 Å². The average molecular weight is 412 g/mol. The number of esters is 1. The van der Waals surface area contributed by atoms with Gasteiger partial charge in [-0.1, -0.05) is 6.92 Å². The van der Waals surface area contributed by atoms with E-state index in [0.717, 1.165) is 6.42 Å². The summed E-state index contributed by atoms with van der Waals surface area (Å²) in [7, 11) is 0. The van der Waals surface area contributed by atoms with Crippen molar-refractivity contribution in [1.29, 1.82) is 0 Å². The Labute approximate surface area is 174 Å². The highest BCUT2D eigenvalue weighted by molar-refractivity contribution is 5.95. The summed E-state index contributed by atoms with van der Waals surface area (Å²) in [6.45, 7) is 2.97. The molecule has 0 amide bonds. The number of hydrogen-bond donors (Lipinski definition) is 2. The van der Waals surface area contributed by atoms with Crippen molar-refractivity contribution in [2.45, 2.75) is 19.8 Å². The maximum Gasteiger partial charge on any atom is 0.342 e. The number of carbonyl (C=O) groups excluding carboxylic acids is 2. The summed E-state index contributed by atoms with van der Waals surface area (Å²) in [6.07, 6.45) is 4.58. The molecule has 8 nitrogen and oxygen atoms in total. The van der Waals surface area contributed by atoms with E-state index in [2.05, 4.69) is 10.2 Å². The quantitative estimate of drug-likeness (QED) is 0.193. The van der Waals surface area contributed by atoms with Gasteiger partial charge in [0.1, 0.15) is 30.0 Å². The summed E-state index contributed by atoms with van der Waals surface area (Å²) in [4.78, 5) is 22.8. The lowest BCUT2D eigenvalue weighted by Crippen LogP contribution is -2.11. The van der Waals surface area contributed by atoms with Crippen LogP contribution in [0.2, 0.25) is 0 Å². The van der Waals surface area contributed by atoms with Crippen LogP contribution >= 0.6 is 0 Å². The molecule has 0 aliphatic rings. The van der Waals surface area contributed by atoms with Crippen LogP contribution in [0.4, 0.5) is 0 Å². The molecule has 0 bridgehead atoms. The van der Waals surface area contributed by atoms with Gasteiger partial charge in [0, 0.05) is 18.6 Å². The van der Waals surface area contributed by atoms with Crippen LogP contribution in [-0.2, 0) is 20.7 Å². The minimum Gasteiger partial charge on any atom is -0.508 e. The van der Waals surface area contributed by atoms with Crippen LogP contribution < -0.4 is 0 Å². The molecular weight excluding hydrogens is 388 g/mol. The maximum atomic E-state index is 12.1. The summed E-state index contributed by atoms with van der Waals surface area (Å²) in [5.74, 6) is -0.803. The van der Waals surface area contributed by atoms with Crippen LogP contribution in [0, 0.1) is 0 Å². The van der Waals surface area contributed by atoms with Crippen LogP contribution in [0.25, 0.3) is 0 Å². The molecule has 2 rings (SSSR count).